The van der Waals surface area contributed by atoms with Crippen LogP contribution in [-0.4, -0.2) is 26.9 Å². The van der Waals surface area contributed by atoms with Gasteiger partial charge in [-0.25, -0.2) is 8.42 Å². The number of benzene rings is 2. The second-order valence-corrected chi connectivity index (χ2v) is 7.87. The molecule has 0 bridgehead atoms. The van der Waals surface area contributed by atoms with Crippen molar-refractivity contribution in [3.05, 3.63) is 59.1 Å². The molecular weight excluding hydrogens is 380 g/mol. The van der Waals surface area contributed by atoms with Crippen LogP contribution in [0.4, 0.5) is 5.69 Å². The number of sulfonamides is 1. The largest absolute Gasteiger partial charge is 0.311 e. The van der Waals surface area contributed by atoms with Crippen LogP contribution in [-0.2, 0) is 14.8 Å². The molecule has 1 aliphatic heterocycles. The summed E-state index contributed by atoms with van der Waals surface area (Å²) in [6.45, 7) is 0.496. The standard InChI is InChI=1S/C16H15BrN2O3S/c17-12-6-8-14(9-7-12)23(21,22)18-15-10-11-19(16(15)20)13-4-2-1-3-5-13/h1-9,15,18H,10-11H2. The highest BCUT2D eigenvalue weighted by atomic mass is 79.9. The van der Waals surface area contributed by atoms with Crippen molar-refractivity contribution in [2.75, 3.05) is 11.4 Å². The van der Waals surface area contributed by atoms with Gasteiger partial charge in [0.15, 0.2) is 0 Å². The van der Waals surface area contributed by atoms with Gasteiger partial charge in [-0.1, -0.05) is 34.1 Å². The van der Waals surface area contributed by atoms with Crippen molar-refractivity contribution in [3.8, 4) is 0 Å². The normalized spacial score (nSPS) is 18.4. The van der Waals surface area contributed by atoms with Gasteiger partial charge in [-0.15, -0.1) is 0 Å². The quantitative estimate of drug-likeness (QED) is 0.866. The molecule has 7 heteroatoms. The van der Waals surface area contributed by atoms with Gasteiger partial charge in [-0.3, -0.25) is 4.79 Å². The molecule has 5 nitrogen and oxygen atoms in total. The molecule has 1 atom stereocenters. The van der Waals surface area contributed by atoms with Crippen LogP contribution in [0.5, 0.6) is 0 Å². The van der Waals surface area contributed by atoms with Gasteiger partial charge in [0.05, 0.1) is 4.90 Å². The molecule has 0 spiro atoms. The van der Waals surface area contributed by atoms with Crippen LogP contribution in [0.2, 0.25) is 0 Å². The van der Waals surface area contributed by atoms with Crippen LogP contribution < -0.4 is 9.62 Å². The first-order valence-electron chi connectivity index (χ1n) is 7.12. The van der Waals surface area contributed by atoms with Gasteiger partial charge in [-0.05, 0) is 42.8 Å². The first kappa shape index (κ1) is 16.2. The van der Waals surface area contributed by atoms with Gasteiger partial charge in [0, 0.05) is 16.7 Å². The maximum Gasteiger partial charge on any atom is 0.245 e. The summed E-state index contributed by atoms with van der Waals surface area (Å²) in [6, 6.07) is 14.8. The second-order valence-electron chi connectivity index (χ2n) is 5.24. The highest BCUT2D eigenvalue weighted by molar-refractivity contribution is 9.10. The van der Waals surface area contributed by atoms with Crippen molar-refractivity contribution in [1.29, 1.82) is 0 Å². The van der Waals surface area contributed by atoms with Crippen molar-refractivity contribution in [2.24, 2.45) is 0 Å². The average molecular weight is 395 g/mol. The molecule has 0 aliphatic carbocycles. The van der Waals surface area contributed by atoms with Crippen molar-refractivity contribution >= 4 is 37.5 Å². The molecular formula is C16H15BrN2O3S. The summed E-state index contributed by atoms with van der Waals surface area (Å²) in [6.07, 6.45) is 0.448. The van der Waals surface area contributed by atoms with E-state index in [1.165, 1.54) is 12.1 Å². The predicted octanol–water partition coefficient (Wildman–Crippen LogP) is 2.53. The lowest BCUT2D eigenvalue weighted by atomic mass is 10.3. The lowest BCUT2D eigenvalue weighted by molar-refractivity contribution is -0.118. The van der Waals surface area contributed by atoms with Crippen LogP contribution >= 0.6 is 15.9 Å². The third kappa shape index (κ3) is 3.46. The van der Waals surface area contributed by atoms with E-state index >= 15 is 0 Å². The number of nitrogens with one attached hydrogen (secondary N) is 1. The average Bonchev–Trinajstić information content (AvgIpc) is 2.89. The van der Waals surface area contributed by atoms with Gasteiger partial charge in [-0.2, -0.15) is 4.72 Å². The van der Waals surface area contributed by atoms with E-state index < -0.39 is 16.1 Å². The predicted molar refractivity (Wildman–Crippen MR) is 91.7 cm³/mol. The van der Waals surface area contributed by atoms with Crippen LogP contribution in [0.3, 0.4) is 0 Å². The fourth-order valence-electron chi connectivity index (χ4n) is 2.52. The minimum Gasteiger partial charge on any atom is -0.311 e. The molecule has 2 aromatic rings. The number of amides is 1. The fraction of sp³-hybridized carbons (Fsp3) is 0.188. The summed E-state index contributed by atoms with van der Waals surface area (Å²) in [5, 5.41) is 0. The summed E-state index contributed by atoms with van der Waals surface area (Å²) < 4.78 is 28.1. The van der Waals surface area contributed by atoms with Gasteiger partial charge in [0.1, 0.15) is 6.04 Å². The molecule has 1 fully saturated rings. The van der Waals surface area contributed by atoms with E-state index in [-0.39, 0.29) is 10.8 Å². The first-order chi connectivity index (χ1) is 11.0. The zero-order chi connectivity index (χ0) is 16.4. The van der Waals surface area contributed by atoms with Crippen molar-refractivity contribution in [1.82, 2.24) is 4.72 Å². The Morgan fingerprint density at radius 3 is 2.35 bits per heavy atom. The number of para-hydroxylation sites is 1. The van der Waals surface area contributed by atoms with Crippen LogP contribution in [0.1, 0.15) is 6.42 Å². The minimum atomic E-state index is -3.72. The van der Waals surface area contributed by atoms with E-state index in [0.29, 0.717) is 13.0 Å². The Bertz CT molecular complexity index is 807. The number of carbonyl (C=O) groups excluding carboxylic acids is 1. The third-order valence-electron chi connectivity index (χ3n) is 3.69. The van der Waals surface area contributed by atoms with Crippen LogP contribution in [0.25, 0.3) is 0 Å². The molecule has 1 saturated heterocycles. The zero-order valence-electron chi connectivity index (χ0n) is 12.1. The summed E-state index contributed by atoms with van der Waals surface area (Å²) in [4.78, 5) is 14.2. The summed E-state index contributed by atoms with van der Waals surface area (Å²) >= 11 is 3.27. The van der Waals surface area contributed by atoms with Gasteiger partial charge < -0.3 is 4.90 Å². The van der Waals surface area contributed by atoms with Crippen molar-refractivity contribution in [3.63, 3.8) is 0 Å². The van der Waals surface area contributed by atoms with E-state index in [1.807, 2.05) is 30.3 Å². The Morgan fingerprint density at radius 2 is 1.70 bits per heavy atom. The molecule has 23 heavy (non-hydrogen) atoms. The Kier molecular flexibility index (Phi) is 4.52. The Balaban J connectivity index is 1.76. The van der Waals surface area contributed by atoms with E-state index in [1.54, 1.807) is 17.0 Å². The number of halogens is 1. The van der Waals surface area contributed by atoms with Crippen molar-refractivity contribution < 1.29 is 13.2 Å². The zero-order valence-corrected chi connectivity index (χ0v) is 14.5. The molecule has 1 unspecified atom stereocenters. The number of anilines is 1. The third-order valence-corrected chi connectivity index (χ3v) is 5.71. The molecule has 2 aromatic carbocycles. The maximum absolute atomic E-state index is 12.5. The molecule has 1 amide bonds. The summed E-state index contributed by atoms with van der Waals surface area (Å²) in [7, 11) is -3.72. The minimum absolute atomic E-state index is 0.145. The molecule has 0 aromatic heterocycles. The van der Waals surface area contributed by atoms with Crippen LogP contribution in [0, 0.1) is 0 Å². The number of carbonyl (C=O) groups is 1. The SMILES string of the molecule is O=C1C(NS(=O)(=O)c2ccc(Br)cc2)CCN1c1ccccc1. The Morgan fingerprint density at radius 1 is 1.04 bits per heavy atom. The molecule has 120 valence electrons. The lowest BCUT2D eigenvalue weighted by Crippen LogP contribution is -2.41. The summed E-state index contributed by atoms with van der Waals surface area (Å²) in [5.41, 5.74) is 0.780. The fourth-order valence-corrected chi connectivity index (χ4v) is 4.01. The molecule has 3 rings (SSSR count). The topological polar surface area (TPSA) is 66.5 Å². The molecule has 1 heterocycles. The second kappa shape index (κ2) is 6.43. The van der Waals surface area contributed by atoms with Gasteiger partial charge >= 0.3 is 0 Å². The highest BCUT2D eigenvalue weighted by Crippen LogP contribution is 2.22. The number of hydrogen-bond donors (Lipinski definition) is 1. The smallest absolute Gasteiger partial charge is 0.245 e. The monoisotopic (exact) mass is 394 g/mol. The van der Waals surface area contributed by atoms with E-state index in [2.05, 4.69) is 20.7 Å². The highest BCUT2D eigenvalue weighted by Gasteiger charge is 2.35. The molecule has 0 saturated carbocycles. The van der Waals surface area contributed by atoms with Gasteiger partial charge in [0.25, 0.3) is 0 Å². The van der Waals surface area contributed by atoms with E-state index in [0.717, 1.165) is 10.2 Å². The number of hydrogen-bond acceptors (Lipinski definition) is 3. The van der Waals surface area contributed by atoms with Crippen molar-refractivity contribution in [2.45, 2.75) is 17.4 Å². The first-order valence-corrected chi connectivity index (χ1v) is 9.39. The van der Waals surface area contributed by atoms with Crippen LogP contribution in [0.15, 0.2) is 64.0 Å². The Hall–Kier alpha value is -1.70. The maximum atomic E-state index is 12.5. The Labute approximate surface area is 143 Å². The molecule has 1 N–H and O–H groups in total. The summed E-state index contributed by atoms with van der Waals surface area (Å²) in [5.74, 6) is -0.225. The molecule has 0 radical (unpaired) electrons. The number of nitrogens with zero attached hydrogens (tertiary/aromatic N) is 1. The van der Waals surface area contributed by atoms with E-state index in [4.69, 9.17) is 0 Å². The van der Waals surface area contributed by atoms with Gasteiger partial charge in [0.2, 0.25) is 15.9 Å². The van der Waals surface area contributed by atoms with E-state index in [9.17, 15) is 13.2 Å². The number of rotatable bonds is 4. The lowest BCUT2D eigenvalue weighted by Gasteiger charge is -2.17. The molecule has 1 aliphatic rings.